The Hall–Kier alpha value is 0.110. The maximum absolute atomic E-state index is 12.0. The van der Waals surface area contributed by atoms with Gasteiger partial charge in [-0.2, -0.15) is 0 Å². The van der Waals surface area contributed by atoms with Gasteiger partial charge in [0.05, 0.1) is 0 Å². The monoisotopic (exact) mass is 472 g/mol. The Morgan fingerprint density at radius 3 is 2.50 bits per heavy atom. The van der Waals surface area contributed by atoms with Gasteiger partial charge in [-0.3, -0.25) is 14.1 Å². The van der Waals surface area contributed by atoms with E-state index in [1.807, 2.05) is 20.8 Å². The molecule has 7 heteroatoms. The van der Waals surface area contributed by atoms with Crippen LogP contribution in [0, 0.1) is 0 Å². The zero-order valence-electron chi connectivity index (χ0n) is 16.1. The predicted octanol–water partition coefficient (Wildman–Crippen LogP) is 2.58. The first-order valence-electron chi connectivity index (χ1n) is 8.95. The summed E-state index contributed by atoms with van der Waals surface area (Å²) in [6.45, 7) is 12.2. The Morgan fingerprint density at radius 2 is 1.92 bits per heavy atom. The molecule has 0 aliphatic carbocycles. The normalized spacial score (nSPS) is 21.0. The van der Waals surface area contributed by atoms with Crippen molar-refractivity contribution in [2.24, 2.45) is 4.99 Å². The molecule has 2 unspecified atom stereocenters. The second-order valence-corrected chi connectivity index (χ2v) is 9.51. The molecule has 0 saturated carbocycles. The number of rotatable bonds is 7. The molecule has 1 saturated heterocycles. The summed E-state index contributed by atoms with van der Waals surface area (Å²) in [7, 11) is 0.959. The second kappa shape index (κ2) is 12.5. The van der Waals surface area contributed by atoms with Crippen LogP contribution in [-0.2, 0) is 10.8 Å². The van der Waals surface area contributed by atoms with Crippen molar-refractivity contribution >= 4 is 40.7 Å². The van der Waals surface area contributed by atoms with Gasteiger partial charge in [-0.15, -0.1) is 24.0 Å². The molecule has 1 aliphatic rings. The van der Waals surface area contributed by atoms with Crippen molar-refractivity contribution < 1.29 is 4.21 Å². The van der Waals surface area contributed by atoms with Gasteiger partial charge in [0.2, 0.25) is 0 Å². The smallest absolute Gasteiger partial charge is 0.191 e. The Morgan fingerprint density at radius 1 is 1.25 bits per heavy atom. The zero-order valence-corrected chi connectivity index (χ0v) is 19.2. The van der Waals surface area contributed by atoms with Gasteiger partial charge in [0.25, 0.3) is 0 Å². The van der Waals surface area contributed by atoms with E-state index in [4.69, 9.17) is 0 Å². The number of nitrogens with zero attached hydrogens (tertiary/aromatic N) is 2. The van der Waals surface area contributed by atoms with Crippen LogP contribution >= 0.6 is 24.0 Å². The van der Waals surface area contributed by atoms with Crippen molar-refractivity contribution in [1.82, 2.24) is 15.5 Å². The summed E-state index contributed by atoms with van der Waals surface area (Å²) in [5, 5.41) is 6.63. The van der Waals surface area contributed by atoms with E-state index in [-0.39, 0.29) is 28.7 Å². The Labute approximate surface area is 168 Å². The summed E-state index contributed by atoms with van der Waals surface area (Å²) in [4.78, 5) is 6.84. The quantitative estimate of drug-likeness (QED) is 0.340. The molecule has 144 valence electrons. The maximum atomic E-state index is 12.0. The molecule has 0 amide bonds. The lowest BCUT2D eigenvalue weighted by Crippen LogP contribution is -2.46. The van der Waals surface area contributed by atoms with Crippen molar-refractivity contribution in [2.75, 3.05) is 39.0 Å². The van der Waals surface area contributed by atoms with Crippen LogP contribution in [0.5, 0.6) is 0 Å². The molecular weight excluding hydrogens is 435 g/mol. The molecule has 0 bridgehead atoms. The molecule has 1 aliphatic heterocycles. The lowest BCUT2D eigenvalue weighted by molar-refractivity contribution is 0.147. The van der Waals surface area contributed by atoms with Gasteiger partial charge in [-0.1, -0.05) is 13.3 Å². The topological polar surface area (TPSA) is 56.7 Å². The van der Waals surface area contributed by atoms with E-state index in [0.717, 1.165) is 25.1 Å². The van der Waals surface area contributed by atoms with Crippen LogP contribution in [0.2, 0.25) is 0 Å². The van der Waals surface area contributed by atoms with E-state index in [1.165, 1.54) is 32.2 Å². The third-order valence-electron chi connectivity index (χ3n) is 4.40. The molecule has 0 aromatic rings. The van der Waals surface area contributed by atoms with Crippen LogP contribution in [-0.4, -0.2) is 64.8 Å². The van der Waals surface area contributed by atoms with Crippen LogP contribution in [0.3, 0.4) is 0 Å². The third kappa shape index (κ3) is 8.99. The Kier molecular flexibility index (Phi) is 12.5. The van der Waals surface area contributed by atoms with Crippen LogP contribution in [0.1, 0.15) is 53.4 Å². The first kappa shape index (κ1) is 24.1. The first-order valence-corrected chi connectivity index (χ1v) is 10.3. The minimum absolute atomic E-state index is 0. The Bertz CT molecular complexity index is 399. The van der Waals surface area contributed by atoms with Gasteiger partial charge in [0.1, 0.15) is 0 Å². The van der Waals surface area contributed by atoms with Crippen LogP contribution in [0.15, 0.2) is 4.99 Å². The molecular formula is C17H37IN4OS. The number of hydrogen-bond donors (Lipinski definition) is 2. The molecule has 0 aromatic heterocycles. The summed E-state index contributed by atoms with van der Waals surface area (Å²) < 4.78 is 11.9. The fourth-order valence-corrected chi connectivity index (χ4v) is 3.82. The molecule has 1 heterocycles. The molecule has 24 heavy (non-hydrogen) atoms. The third-order valence-corrected chi connectivity index (χ3v) is 6.34. The number of guanidine groups is 1. The van der Waals surface area contributed by atoms with Crippen LogP contribution in [0.25, 0.3) is 0 Å². The second-order valence-electron chi connectivity index (χ2n) is 7.18. The lowest BCUT2D eigenvalue weighted by atomic mass is 10.0. The highest BCUT2D eigenvalue weighted by atomic mass is 127. The standard InChI is InChI=1S/C17H36N4OS.HI/c1-6-15-9-7-8-12-21(15)13-10-19-16(18-5)20-11-14-23(22)17(2,3)4;/h15H,6-14H2,1-5H3,(H2,18,19,20);1H. The Balaban J connectivity index is 0.00000529. The van der Waals surface area contributed by atoms with Gasteiger partial charge >= 0.3 is 0 Å². The highest BCUT2D eigenvalue weighted by Crippen LogP contribution is 2.18. The first-order chi connectivity index (χ1) is 10.9. The van der Waals surface area contributed by atoms with Crippen LogP contribution in [0.4, 0.5) is 0 Å². The van der Waals surface area contributed by atoms with Gasteiger partial charge in [0.15, 0.2) is 5.96 Å². The average molecular weight is 472 g/mol. The fourth-order valence-electron chi connectivity index (χ4n) is 2.92. The molecule has 1 rings (SSSR count). The summed E-state index contributed by atoms with van der Waals surface area (Å²) in [5.41, 5.74) is 0. The van der Waals surface area contributed by atoms with Gasteiger partial charge in [-0.05, 0) is 46.6 Å². The van der Waals surface area contributed by atoms with Crippen molar-refractivity contribution in [3.8, 4) is 0 Å². The number of halogens is 1. The molecule has 0 radical (unpaired) electrons. The molecule has 1 fully saturated rings. The van der Waals surface area contributed by atoms with Gasteiger partial charge < -0.3 is 10.6 Å². The molecule has 5 nitrogen and oxygen atoms in total. The highest BCUT2D eigenvalue weighted by Gasteiger charge is 2.20. The molecule has 2 N–H and O–H groups in total. The van der Waals surface area contributed by atoms with Gasteiger partial charge in [-0.25, -0.2) is 0 Å². The summed E-state index contributed by atoms with van der Waals surface area (Å²) in [6.07, 6.45) is 5.27. The number of nitrogens with one attached hydrogen (secondary N) is 2. The fraction of sp³-hybridized carbons (Fsp3) is 0.941. The lowest BCUT2D eigenvalue weighted by Gasteiger charge is -2.35. The van der Waals surface area contributed by atoms with Crippen molar-refractivity contribution in [2.45, 2.75) is 64.2 Å². The molecule has 0 aromatic carbocycles. The molecule has 2 atom stereocenters. The van der Waals surface area contributed by atoms with E-state index < -0.39 is 10.8 Å². The van der Waals surface area contributed by atoms with Crippen LogP contribution < -0.4 is 10.6 Å². The average Bonchev–Trinajstić information content (AvgIpc) is 2.52. The number of likely N-dealkylation sites (tertiary alicyclic amines) is 1. The van der Waals surface area contributed by atoms with Gasteiger partial charge in [0, 0.05) is 54.0 Å². The zero-order chi connectivity index (χ0) is 17.3. The van der Waals surface area contributed by atoms with E-state index in [9.17, 15) is 4.21 Å². The summed E-state index contributed by atoms with van der Waals surface area (Å²) >= 11 is 0. The minimum atomic E-state index is -0.825. The molecule has 0 spiro atoms. The summed E-state index contributed by atoms with van der Waals surface area (Å²) in [5.74, 6) is 1.45. The maximum Gasteiger partial charge on any atom is 0.191 e. The SMILES string of the molecule is CCC1CCCCN1CCNC(=NC)NCCS(=O)C(C)(C)C.I. The predicted molar refractivity (Wildman–Crippen MR) is 117 cm³/mol. The van der Waals surface area contributed by atoms with Crippen molar-refractivity contribution in [3.63, 3.8) is 0 Å². The highest BCUT2D eigenvalue weighted by molar-refractivity contribution is 14.0. The number of aliphatic imine (C=N–C) groups is 1. The van der Waals surface area contributed by atoms with E-state index in [2.05, 4.69) is 27.4 Å². The largest absolute Gasteiger partial charge is 0.355 e. The van der Waals surface area contributed by atoms with E-state index >= 15 is 0 Å². The summed E-state index contributed by atoms with van der Waals surface area (Å²) in [6, 6.07) is 0.745. The van der Waals surface area contributed by atoms with E-state index in [0.29, 0.717) is 12.3 Å². The van der Waals surface area contributed by atoms with Crippen molar-refractivity contribution in [3.05, 3.63) is 0 Å². The number of hydrogen-bond acceptors (Lipinski definition) is 3. The van der Waals surface area contributed by atoms with Crippen molar-refractivity contribution in [1.29, 1.82) is 0 Å². The van der Waals surface area contributed by atoms with E-state index in [1.54, 1.807) is 7.05 Å². The minimum Gasteiger partial charge on any atom is -0.355 e. The number of piperidine rings is 1.